The Balaban J connectivity index is 1.72. The summed E-state index contributed by atoms with van der Waals surface area (Å²) in [5, 5.41) is 12.7. The molecule has 1 aliphatic heterocycles. The van der Waals surface area contributed by atoms with E-state index in [-0.39, 0.29) is 24.1 Å². The summed E-state index contributed by atoms with van der Waals surface area (Å²) in [4.78, 5) is 29.5. The smallest absolute Gasteiger partial charge is 0.326 e. The van der Waals surface area contributed by atoms with Crippen molar-refractivity contribution in [3.05, 3.63) is 56.9 Å². The number of carbonyl (C=O) groups is 1. The molecule has 0 unspecified atom stereocenters. The Hall–Kier alpha value is -2.70. The van der Waals surface area contributed by atoms with Gasteiger partial charge in [0, 0.05) is 18.2 Å². The first kappa shape index (κ1) is 19.6. The van der Waals surface area contributed by atoms with Crippen LogP contribution in [0.2, 0.25) is 0 Å². The maximum Gasteiger partial charge on any atom is 0.326 e. The maximum absolute atomic E-state index is 13.7. The predicted molar refractivity (Wildman–Crippen MR) is 108 cm³/mol. The SMILES string of the molecule is Cc1cc(F)cc(CNc2nc(C3CCCCC3)c3n(c2=O)[C@H](C(=O)O)CC3)c1. The van der Waals surface area contributed by atoms with Gasteiger partial charge in [-0.15, -0.1) is 0 Å². The van der Waals surface area contributed by atoms with Gasteiger partial charge in [0.1, 0.15) is 11.9 Å². The highest BCUT2D eigenvalue weighted by Crippen LogP contribution is 2.37. The molecule has 1 aromatic carbocycles. The number of halogens is 1. The third-order valence-electron chi connectivity index (χ3n) is 6.05. The molecule has 6 nitrogen and oxygen atoms in total. The van der Waals surface area contributed by atoms with Crippen molar-refractivity contribution in [1.29, 1.82) is 0 Å². The molecule has 29 heavy (non-hydrogen) atoms. The number of carboxylic acids is 1. The minimum absolute atomic E-state index is 0.157. The summed E-state index contributed by atoms with van der Waals surface area (Å²) in [5.41, 5.74) is 2.75. The van der Waals surface area contributed by atoms with Crippen LogP contribution in [0.3, 0.4) is 0 Å². The van der Waals surface area contributed by atoms with Gasteiger partial charge < -0.3 is 10.4 Å². The Labute approximate surface area is 168 Å². The van der Waals surface area contributed by atoms with Crippen LogP contribution in [0.25, 0.3) is 0 Å². The van der Waals surface area contributed by atoms with Crippen LogP contribution < -0.4 is 10.9 Å². The van der Waals surface area contributed by atoms with Crippen molar-refractivity contribution in [2.75, 3.05) is 5.32 Å². The Bertz CT molecular complexity index is 975. The first-order chi connectivity index (χ1) is 13.9. The summed E-state index contributed by atoms with van der Waals surface area (Å²) in [6, 6.07) is 3.88. The molecule has 0 saturated heterocycles. The van der Waals surface area contributed by atoms with Crippen LogP contribution in [0.4, 0.5) is 10.2 Å². The van der Waals surface area contributed by atoms with Gasteiger partial charge >= 0.3 is 5.97 Å². The Morgan fingerprint density at radius 2 is 2.00 bits per heavy atom. The zero-order valence-electron chi connectivity index (χ0n) is 16.6. The number of anilines is 1. The van der Waals surface area contributed by atoms with Crippen LogP contribution >= 0.6 is 0 Å². The molecule has 2 aliphatic rings. The van der Waals surface area contributed by atoms with Crippen LogP contribution in [-0.4, -0.2) is 20.6 Å². The van der Waals surface area contributed by atoms with E-state index in [0.717, 1.165) is 42.6 Å². The van der Waals surface area contributed by atoms with E-state index in [1.807, 2.05) is 13.0 Å². The predicted octanol–water partition coefficient (Wildman–Crippen LogP) is 3.92. The maximum atomic E-state index is 13.7. The molecule has 2 heterocycles. The van der Waals surface area contributed by atoms with Crippen molar-refractivity contribution in [2.45, 2.75) is 70.4 Å². The molecule has 2 aromatic rings. The zero-order chi connectivity index (χ0) is 20.5. The second-order valence-electron chi connectivity index (χ2n) is 8.19. The van der Waals surface area contributed by atoms with Crippen LogP contribution in [0.15, 0.2) is 23.0 Å². The van der Waals surface area contributed by atoms with E-state index in [2.05, 4.69) is 5.32 Å². The van der Waals surface area contributed by atoms with Crippen LogP contribution in [0.5, 0.6) is 0 Å². The molecule has 1 atom stereocenters. The number of rotatable bonds is 5. The quantitative estimate of drug-likeness (QED) is 0.796. The summed E-state index contributed by atoms with van der Waals surface area (Å²) >= 11 is 0. The molecule has 0 amide bonds. The minimum Gasteiger partial charge on any atom is -0.480 e. The van der Waals surface area contributed by atoms with Gasteiger partial charge in [-0.3, -0.25) is 9.36 Å². The standard InChI is InChI=1S/C22H26FN3O3/c1-13-9-14(11-16(23)10-13)12-24-20-21(27)26-17(7-8-18(26)22(28)29)19(25-20)15-5-3-2-4-6-15/h9-11,15,18H,2-8,12H2,1H3,(H,24,25)(H,28,29)/t18-/m0/s1. The highest BCUT2D eigenvalue weighted by molar-refractivity contribution is 5.73. The lowest BCUT2D eigenvalue weighted by atomic mass is 9.85. The number of hydrogen-bond donors (Lipinski definition) is 2. The fraction of sp³-hybridized carbons (Fsp3) is 0.500. The second kappa shape index (κ2) is 7.97. The van der Waals surface area contributed by atoms with Crippen LogP contribution in [-0.2, 0) is 17.8 Å². The molecule has 0 bridgehead atoms. The van der Waals surface area contributed by atoms with Crippen LogP contribution in [0, 0.1) is 12.7 Å². The molecular formula is C22H26FN3O3. The molecular weight excluding hydrogens is 373 g/mol. The van der Waals surface area contributed by atoms with Crippen molar-refractivity contribution < 1.29 is 14.3 Å². The van der Waals surface area contributed by atoms with E-state index >= 15 is 0 Å². The normalized spacial score (nSPS) is 19.2. The summed E-state index contributed by atoms with van der Waals surface area (Å²) in [6.07, 6.45) is 6.45. The second-order valence-corrected chi connectivity index (χ2v) is 8.19. The van der Waals surface area contributed by atoms with Crippen molar-refractivity contribution in [3.63, 3.8) is 0 Å². The Morgan fingerprint density at radius 3 is 2.69 bits per heavy atom. The van der Waals surface area contributed by atoms with E-state index < -0.39 is 17.6 Å². The fourth-order valence-electron chi connectivity index (χ4n) is 4.73. The Kier molecular flexibility index (Phi) is 5.39. The lowest BCUT2D eigenvalue weighted by molar-refractivity contribution is -0.140. The van der Waals surface area contributed by atoms with Gasteiger partial charge in [0.2, 0.25) is 0 Å². The first-order valence-corrected chi connectivity index (χ1v) is 10.3. The molecule has 1 saturated carbocycles. The van der Waals surface area contributed by atoms with E-state index in [1.54, 1.807) is 0 Å². The summed E-state index contributed by atoms with van der Waals surface area (Å²) in [6.45, 7) is 2.07. The number of nitrogens with zero attached hydrogens (tertiary/aromatic N) is 2. The Morgan fingerprint density at radius 1 is 1.24 bits per heavy atom. The van der Waals surface area contributed by atoms with Gasteiger partial charge in [-0.25, -0.2) is 14.2 Å². The third kappa shape index (κ3) is 3.91. The summed E-state index contributed by atoms with van der Waals surface area (Å²) in [5.74, 6) is -0.896. The molecule has 1 aliphatic carbocycles. The van der Waals surface area contributed by atoms with Crippen molar-refractivity contribution in [1.82, 2.24) is 9.55 Å². The zero-order valence-corrected chi connectivity index (χ0v) is 16.6. The highest BCUT2D eigenvalue weighted by Gasteiger charge is 2.34. The van der Waals surface area contributed by atoms with Gasteiger partial charge in [0.25, 0.3) is 5.56 Å². The number of nitrogens with one attached hydrogen (secondary N) is 1. The third-order valence-corrected chi connectivity index (χ3v) is 6.05. The average Bonchev–Trinajstić information content (AvgIpc) is 3.13. The molecule has 4 rings (SSSR count). The largest absolute Gasteiger partial charge is 0.480 e. The van der Waals surface area contributed by atoms with E-state index in [9.17, 15) is 19.1 Å². The number of benzene rings is 1. The lowest BCUT2D eigenvalue weighted by Gasteiger charge is -2.24. The highest BCUT2D eigenvalue weighted by atomic mass is 19.1. The van der Waals surface area contributed by atoms with E-state index in [1.165, 1.54) is 23.1 Å². The number of aryl methyl sites for hydroxylation is 1. The summed E-state index contributed by atoms with van der Waals surface area (Å²) < 4.78 is 15.1. The minimum atomic E-state index is -0.988. The molecule has 2 N–H and O–H groups in total. The van der Waals surface area contributed by atoms with Gasteiger partial charge in [0.15, 0.2) is 5.82 Å². The number of aromatic nitrogens is 2. The van der Waals surface area contributed by atoms with Crippen molar-refractivity contribution in [2.24, 2.45) is 0 Å². The number of carboxylic acid groups (broad SMARTS) is 1. The number of aliphatic carboxylic acids is 1. The van der Waals surface area contributed by atoms with Crippen molar-refractivity contribution >= 4 is 11.8 Å². The van der Waals surface area contributed by atoms with Gasteiger partial charge in [-0.2, -0.15) is 0 Å². The molecule has 1 fully saturated rings. The monoisotopic (exact) mass is 399 g/mol. The van der Waals surface area contributed by atoms with Crippen LogP contribution in [0.1, 0.15) is 73.0 Å². The topological polar surface area (TPSA) is 84.2 Å². The van der Waals surface area contributed by atoms with Gasteiger partial charge in [-0.05, 0) is 55.9 Å². The van der Waals surface area contributed by atoms with E-state index in [4.69, 9.17) is 4.98 Å². The van der Waals surface area contributed by atoms with Gasteiger partial charge in [-0.1, -0.05) is 25.3 Å². The lowest BCUT2D eigenvalue weighted by Crippen LogP contribution is -2.32. The fourth-order valence-corrected chi connectivity index (χ4v) is 4.73. The molecule has 7 heteroatoms. The molecule has 154 valence electrons. The summed E-state index contributed by atoms with van der Waals surface area (Å²) in [7, 11) is 0. The number of fused-ring (bicyclic) bond motifs is 1. The van der Waals surface area contributed by atoms with E-state index in [0.29, 0.717) is 18.4 Å². The molecule has 1 aromatic heterocycles. The first-order valence-electron chi connectivity index (χ1n) is 10.3. The van der Waals surface area contributed by atoms with Gasteiger partial charge in [0.05, 0.1) is 5.69 Å². The molecule has 0 spiro atoms. The molecule has 0 radical (unpaired) electrons. The van der Waals surface area contributed by atoms with Crippen molar-refractivity contribution in [3.8, 4) is 0 Å². The average molecular weight is 399 g/mol. The number of hydrogen-bond acceptors (Lipinski definition) is 4.